The lowest BCUT2D eigenvalue weighted by Crippen LogP contribution is -2.30. The van der Waals surface area contributed by atoms with E-state index in [2.05, 4.69) is 60.6 Å². The number of hydrogen-bond acceptors (Lipinski definition) is 2. The molecule has 0 unspecified atom stereocenters. The van der Waals surface area contributed by atoms with Crippen LogP contribution in [0, 0.1) is 20.8 Å². The molecule has 0 saturated heterocycles. The highest BCUT2D eigenvalue weighted by Gasteiger charge is 2.08. The third-order valence-electron chi connectivity index (χ3n) is 3.17. The Kier molecular flexibility index (Phi) is 4.78. The zero-order valence-corrected chi connectivity index (χ0v) is 14.0. The molecule has 0 aliphatic carbocycles. The average Bonchev–Trinajstić information content (AvgIpc) is 2.73. The van der Waals surface area contributed by atoms with Gasteiger partial charge < -0.3 is 10.2 Å². The summed E-state index contributed by atoms with van der Waals surface area (Å²) in [5.74, 6) is 0. The predicted molar refractivity (Wildman–Crippen MR) is 92.7 cm³/mol. The number of nitrogens with one attached hydrogen (secondary N) is 1. The van der Waals surface area contributed by atoms with Crippen LogP contribution in [0.15, 0.2) is 29.6 Å². The summed E-state index contributed by atoms with van der Waals surface area (Å²) in [7, 11) is 2.02. The Labute approximate surface area is 130 Å². The van der Waals surface area contributed by atoms with Gasteiger partial charge in [0.05, 0.1) is 6.54 Å². The van der Waals surface area contributed by atoms with E-state index in [0.717, 1.165) is 17.3 Å². The van der Waals surface area contributed by atoms with Crippen LogP contribution in [0.3, 0.4) is 0 Å². The van der Waals surface area contributed by atoms with Gasteiger partial charge in [-0.2, -0.15) is 0 Å². The van der Waals surface area contributed by atoms with Gasteiger partial charge in [0.25, 0.3) is 0 Å². The molecular formula is C16H20N2S2. The largest absolute Gasteiger partial charge is 0.347 e. The molecule has 0 bridgehead atoms. The van der Waals surface area contributed by atoms with Crippen LogP contribution in [-0.2, 0) is 6.54 Å². The molecule has 20 heavy (non-hydrogen) atoms. The molecule has 0 fully saturated rings. The standard InChI is InChI=1S/C16H20N2S2/c1-11-7-12(2)9-14(8-11)17-16(19)18(4)10-15-13(3)5-6-20-15/h5-9H,10H2,1-4H3,(H,17,19). The van der Waals surface area contributed by atoms with Crippen LogP contribution in [0.1, 0.15) is 21.6 Å². The summed E-state index contributed by atoms with van der Waals surface area (Å²) in [6.07, 6.45) is 0. The molecule has 0 amide bonds. The van der Waals surface area contributed by atoms with E-state index in [1.807, 2.05) is 7.05 Å². The fourth-order valence-corrected chi connectivity index (χ4v) is 3.26. The second-order valence-corrected chi connectivity index (χ2v) is 6.58. The Morgan fingerprint density at radius 2 is 1.85 bits per heavy atom. The highest BCUT2D eigenvalue weighted by molar-refractivity contribution is 7.80. The van der Waals surface area contributed by atoms with E-state index >= 15 is 0 Å². The number of rotatable bonds is 3. The van der Waals surface area contributed by atoms with Crippen LogP contribution in [0.4, 0.5) is 5.69 Å². The van der Waals surface area contributed by atoms with Crippen molar-refractivity contribution in [1.29, 1.82) is 0 Å². The molecule has 2 aromatic rings. The Balaban J connectivity index is 2.02. The Hall–Kier alpha value is -1.39. The molecule has 0 atom stereocenters. The molecule has 2 nitrogen and oxygen atoms in total. The molecule has 2 rings (SSSR count). The third-order valence-corrected chi connectivity index (χ3v) is 4.59. The molecule has 106 valence electrons. The van der Waals surface area contributed by atoms with E-state index in [0.29, 0.717) is 0 Å². The van der Waals surface area contributed by atoms with Gasteiger partial charge in [0, 0.05) is 17.6 Å². The van der Waals surface area contributed by atoms with Crippen LogP contribution in [0.2, 0.25) is 0 Å². The molecular weight excluding hydrogens is 284 g/mol. The first-order valence-corrected chi connectivity index (χ1v) is 7.88. The zero-order valence-electron chi connectivity index (χ0n) is 12.4. The first-order valence-electron chi connectivity index (χ1n) is 6.59. The van der Waals surface area contributed by atoms with Gasteiger partial charge in [-0.1, -0.05) is 6.07 Å². The number of thiocarbonyl (C=S) groups is 1. The van der Waals surface area contributed by atoms with Crippen molar-refractivity contribution in [3.8, 4) is 0 Å². The summed E-state index contributed by atoms with van der Waals surface area (Å²) in [4.78, 5) is 3.43. The van der Waals surface area contributed by atoms with Crippen LogP contribution in [0.5, 0.6) is 0 Å². The summed E-state index contributed by atoms with van der Waals surface area (Å²) in [6.45, 7) is 7.18. The van der Waals surface area contributed by atoms with Crippen molar-refractivity contribution in [2.75, 3.05) is 12.4 Å². The van der Waals surface area contributed by atoms with Gasteiger partial charge in [-0.15, -0.1) is 11.3 Å². The van der Waals surface area contributed by atoms with Crippen molar-refractivity contribution in [2.24, 2.45) is 0 Å². The van der Waals surface area contributed by atoms with E-state index in [1.54, 1.807) is 11.3 Å². The maximum absolute atomic E-state index is 5.48. The van der Waals surface area contributed by atoms with Gasteiger partial charge in [0.2, 0.25) is 0 Å². The fraction of sp³-hybridized carbons (Fsp3) is 0.312. The van der Waals surface area contributed by atoms with Gasteiger partial charge in [0.15, 0.2) is 5.11 Å². The van der Waals surface area contributed by atoms with Gasteiger partial charge in [-0.05, 0) is 73.3 Å². The number of benzene rings is 1. The van der Waals surface area contributed by atoms with Gasteiger partial charge in [-0.25, -0.2) is 0 Å². The van der Waals surface area contributed by atoms with E-state index in [4.69, 9.17) is 12.2 Å². The minimum atomic E-state index is 0.753. The number of hydrogen-bond donors (Lipinski definition) is 1. The van der Waals surface area contributed by atoms with Crippen LogP contribution >= 0.6 is 23.6 Å². The molecule has 0 saturated carbocycles. The van der Waals surface area contributed by atoms with Gasteiger partial charge in [0.1, 0.15) is 0 Å². The van der Waals surface area contributed by atoms with E-state index in [9.17, 15) is 0 Å². The number of nitrogens with zero attached hydrogens (tertiary/aromatic N) is 1. The normalized spacial score (nSPS) is 10.4. The summed E-state index contributed by atoms with van der Waals surface area (Å²) < 4.78 is 0. The van der Waals surface area contributed by atoms with Gasteiger partial charge >= 0.3 is 0 Å². The minimum absolute atomic E-state index is 0.753. The second kappa shape index (κ2) is 6.37. The highest BCUT2D eigenvalue weighted by Crippen LogP contribution is 2.18. The molecule has 1 heterocycles. The van der Waals surface area contributed by atoms with Crippen molar-refractivity contribution in [3.63, 3.8) is 0 Å². The monoisotopic (exact) mass is 304 g/mol. The van der Waals surface area contributed by atoms with Crippen molar-refractivity contribution in [3.05, 3.63) is 51.2 Å². The van der Waals surface area contributed by atoms with Crippen molar-refractivity contribution in [2.45, 2.75) is 27.3 Å². The van der Waals surface area contributed by atoms with E-state index < -0.39 is 0 Å². The molecule has 4 heteroatoms. The quantitative estimate of drug-likeness (QED) is 0.840. The summed E-state index contributed by atoms with van der Waals surface area (Å²) in [5.41, 5.74) is 4.87. The summed E-state index contributed by atoms with van der Waals surface area (Å²) in [6, 6.07) is 8.54. The lowest BCUT2D eigenvalue weighted by molar-refractivity contribution is 0.512. The fourth-order valence-electron chi connectivity index (χ4n) is 2.12. The smallest absolute Gasteiger partial charge is 0.173 e. The molecule has 0 aliphatic heterocycles. The predicted octanol–water partition coefficient (Wildman–Crippen LogP) is 4.50. The Morgan fingerprint density at radius 3 is 2.40 bits per heavy atom. The molecule has 0 aliphatic rings. The van der Waals surface area contributed by atoms with Crippen molar-refractivity contribution < 1.29 is 0 Å². The third kappa shape index (κ3) is 3.81. The minimum Gasteiger partial charge on any atom is -0.347 e. The average molecular weight is 304 g/mol. The first kappa shape index (κ1) is 15.0. The molecule has 1 aromatic carbocycles. The van der Waals surface area contributed by atoms with Crippen molar-refractivity contribution in [1.82, 2.24) is 4.90 Å². The van der Waals surface area contributed by atoms with Crippen LogP contribution in [-0.4, -0.2) is 17.1 Å². The molecule has 1 aromatic heterocycles. The summed E-state index contributed by atoms with van der Waals surface area (Å²) >= 11 is 7.26. The molecule has 0 radical (unpaired) electrons. The summed E-state index contributed by atoms with van der Waals surface area (Å²) in [5, 5.41) is 6.19. The number of thiophene rings is 1. The first-order chi connectivity index (χ1) is 9.45. The Bertz CT molecular complexity index is 596. The van der Waals surface area contributed by atoms with Crippen LogP contribution < -0.4 is 5.32 Å². The number of anilines is 1. The topological polar surface area (TPSA) is 15.3 Å². The lowest BCUT2D eigenvalue weighted by Gasteiger charge is -2.21. The molecule has 1 N–H and O–H groups in total. The SMILES string of the molecule is Cc1cc(C)cc(NC(=S)N(C)Cc2sccc2C)c1. The maximum Gasteiger partial charge on any atom is 0.173 e. The van der Waals surface area contributed by atoms with E-state index in [-0.39, 0.29) is 0 Å². The second-order valence-electron chi connectivity index (χ2n) is 5.19. The van der Waals surface area contributed by atoms with E-state index in [1.165, 1.54) is 21.6 Å². The zero-order chi connectivity index (χ0) is 14.7. The maximum atomic E-state index is 5.48. The van der Waals surface area contributed by atoms with Gasteiger partial charge in [-0.3, -0.25) is 0 Å². The lowest BCUT2D eigenvalue weighted by atomic mass is 10.1. The Morgan fingerprint density at radius 1 is 1.20 bits per heavy atom. The number of aryl methyl sites for hydroxylation is 3. The molecule has 0 spiro atoms. The highest BCUT2D eigenvalue weighted by atomic mass is 32.1. The van der Waals surface area contributed by atoms with Crippen LogP contribution in [0.25, 0.3) is 0 Å². The van der Waals surface area contributed by atoms with Crippen molar-refractivity contribution >= 4 is 34.4 Å².